The maximum Gasteiger partial charge on any atom is 0.0542 e. The Kier molecular flexibility index (Phi) is 13.8. The molecular weight excluding hydrogens is 1200 g/mol. The Balaban J connectivity index is 0.715. The molecule has 4 nitrogen and oxygen atoms in total. The van der Waals surface area contributed by atoms with Crippen LogP contribution in [0, 0.1) is 6.92 Å². The third-order valence-corrected chi connectivity index (χ3v) is 20.3. The molecule has 19 aromatic rings. The molecule has 0 aliphatic heterocycles. The average Bonchev–Trinajstić information content (AvgIpc) is 1.63. The van der Waals surface area contributed by atoms with Crippen LogP contribution in [-0.4, -0.2) is 9.13 Å². The minimum atomic E-state index is 1.07. The van der Waals surface area contributed by atoms with E-state index >= 15 is 0 Å². The molecule has 0 saturated heterocycles. The third kappa shape index (κ3) is 9.75. The van der Waals surface area contributed by atoms with Crippen molar-refractivity contribution in [2.75, 3.05) is 9.80 Å². The van der Waals surface area contributed by atoms with E-state index in [-0.39, 0.29) is 0 Å². The molecule has 0 atom stereocenters. The highest BCUT2D eigenvalue weighted by Crippen LogP contribution is 2.48. The summed E-state index contributed by atoms with van der Waals surface area (Å²) in [4.78, 5) is 4.81. The first kappa shape index (κ1) is 57.4. The number of hydrogen-bond acceptors (Lipinski definition) is 2. The van der Waals surface area contributed by atoms with Crippen molar-refractivity contribution in [1.82, 2.24) is 9.13 Å². The molecule has 19 rings (SSSR count). The Morgan fingerprint density at radius 2 is 0.525 bits per heavy atom. The highest BCUT2D eigenvalue weighted by atomic mass is 15.1. The van der Waals surface area contributed by atoms with Crippen LogP contribution < -0.4 is 9.80 Å². The van der Waals surface area contributed by atoms with Crippen molar-refractivity contribution in [3.05, 3.63) is 376 Å². The van der Waals surface area contributed by atoms with E-state index in [1.165, 1.54) is 115 Å². The van der Waals surface area contributed by atoms with E-state index in [9.17, 15) is 0 Å². The second-order valence-electron chi connectivity index (χ2n) is 26.0. The van der Waals surface area contributed by atoms with Gasteiger partial charge in [-0.15, -0.1) is 0 Å². The van der Waals surface area contributed by atoms with Gasteiger partial charge in [-0.2, -0.15) is 0 Å². The van der Waals surface area contributed by atoms with E-state index in [0.717, 1.165) is 67.7 Å². The predicted octanol–water partition coefficient (Wildman–Crippen LogP) is 26.4. The molecule has 0 aliphatic rings. The van der Waals surface area contributed by atoms with Crippen molar-refractivity contribution >= 4 is 121 Å². The molecule has 0 saturated carbocycles. The van der Waals surface area contributed by atoms with Crippen LogP contribution in [0.15, 0.2) is 370 Å². The van der Waals surface area contributed by atoms with E-state index in [4.69, 9.17) is 0 Å². The van der Waals surface area contributed by atoms with Crippen LogP contribution in [0.2, 0.25) is 0 Å². The van der Waals surface area contributed by atoms with E-state index in [1.54, 1.807) is 0 Å². The first-order chi connectivity index (χ1) is 49.0. The van der Waals surface area contributed by atoms with Crippen molar-refractivity contribution in [2.24, 2.45) is 0 Å². The minimum absolute atomic E-state index is 1.07. The molecule has 2 heterocycles. The summed E-state index contributed by atoms with van der Waals surface area (Å²) >= 11 is 0. The van der Waals surface area contributed by atoms with Gasteiger partial charge in [0.25, 0.3) is 0 Å². The summed E-state index contributed by atoms with van der Waals surface area (Å²) in [7, 11) is 0. The first-order valence-electron chi connectivity index (χ1n) is 34.1. The Morgan fingerprint density at radius 1 is 0.202 bits per heavy atom. The Hall–Kier alpha value is -13.0. The summed E-state index contributed by atoms with van der Waals surface area (Å²) in [6, 6.07) is 136. The largest absolute Gasteiger partial charge is 0.310 e. The van der Waals surface area contributed by atoms with E-state index in [1.807, 2.05) is 0 Å². The van der Waals surface area contributed by atoms with Gasteiger partial charge in [-0.3, -0.25) is 0 Å². The van der Waals surface area contributed by atoms with Gasteiger partial charge in [0, 0.05) is 67.0 Å². The summed E-state index contributed by atoms with van der Waals surface area (Å²) in [5.41, 5.74) is 24.2. The fourth-order valence-electron chi connectivity index (χ4n) is 15.8. The fraction of sp³-hybridized carbons (Fsp3) is 0.0105. The molecule has 0 spiro atoms. The number of aryl methyl sites for hydroxylation is 1. The monoisotopic (exact) mass is 1260 g/mol. The molecule has 2 aromatic heterocycles. The molecule has 464 valence electrons. The van der Waals surface area contributed by atoms with Crippen molar-refractivity contribution in [1.29, 1.82) is 0 Å². The second kappa shape index (κ2) is 23.7. The molecule has 0 radical (unpaired) electrons. The number of para-hydroxylation sites is 4. The van der Waals surface area contributed by atoms with Crippen LogP contribution in [0.5, 0.6) is 0 Å². The summed E-state index contributed by atoms with van der Waals surface area (Å²) in [6.07, 6.45) is 0. The lowest BCUT2D eigenvalue weighted by Gasteiger charge is -2.26. The highest BCUT2D eigenvalue weighted by molar-refractivity contribution is 6.22. The van der Waals surface area contributed by atoms with Gasteiger partial charge in [0.1, 0.15) is 0 Å². The lowest BCUT2D eigenvalue weighted by molar-refractivity contribution is 1.18. The summed E-state index contributed by atoms with van der Waals surface area (Å²) < 4.78 is 4.83. The van der Waals surface area contributed by atoms with Crippen molar-refractivity contribution in [3.8, 4) is 55.9 Å². The molecule has 0 fully saturated rings. The number of benzene rings is 17. The number of fused-ring (bicyclic) bond motifs is 10. The summed E-state index contributed by atoms with van der Waals surface area (Å²) in [6.45, 7) is 2.21. The van der Waals surface area contributed by atoms with E-state index in [2.05, 4.69) is 396 Å². The number of aromatic nitrogens is 2. The van der Waals surface area contributed by atoms with Gasteiger partial charge in [-0.25, -0.2) is 0 Å². The molecule has 4 heteroatoms. The first-order valence-corrected chi connectivity index (χ1v) is 34.1. The van der Waals surface area contributed by atoms with E-state index in [0.29, 0.717) is 0 Å². The van der Waals surface area contributed by atoms with Gasteiger partial charge in [0.05, 0.1) is 22.1 Å². The SMILES string of the molecule is Cc1ccc2c(-c3ccc(N(c4ccccc4)c4ccc5c(c4)c4cc(-c6cccc7ccccc67)ccc4n5-c4ccccc4)cc3)c3ccccc3c(-c3ccc(N(c4ccccc4)c4ccc5c(c4)c4cc(-c6cccc7ccccc67)ccc4n5-c4ccccc4)cc3)c2c1. The Bertz CT molecular complexity index is 6320. The van der Waals surface area contributed by atoms with Crippen LogP contribution >= 0.6 is 0 Å². The minimum Gasteiger partial charge on any atom is -0.310 e. The van der Waals surface area contributed by atoms with Crippen LogP contribution in [0.4, 0.5) is 34.1 Å². The van der Waals surface area contributed by atoms with Gasteiger partial charge < -0.3 is 18.9 Å². The highest BCUT2D eigenvalue weighted by Gasteiger charge is 2.24. The van der Waals surface area contributed by atoms with Gasteiger partial charge >= 0.3 is 0 Å². The molecule has 0 amide bonds. The zero-order chi connectivity index (χ0) is 65.5. The zero-order valence-electron chi connectivity index (χ0n) is 54.5. The van der Waals surface area contributed by atoms with Gasteiger partial charge in [0.2, 0.25) is 0 Å². The van der Waals surface area contributed by atoms with Crippen molar-refractivity contribution in [2.45, 2.75) is 6.92 Å². The molecule has 99 heavy (non-hydrogen) atoms. The molecule has 0 bridgehead atoms. The Labute approximate surface area is 574 Å². The number of anilines is 6. The second-order valence-corrected chi connectivity index (χ2v) is 26.0. The Morgan fingerprint density at radius 3 is 0.970 bits per heavy atom. The van der Waals surface area contributed by atoms with E-state index < -0.39 is 0 Å². The van der Waals surface area contributed by atoms with Crippen molar-refractivity contribution < 1.29 is 0 Å². The number of hydrogen-bond donors (Lipinski definition) is 0. The maximum atomic E-state index is 2.41. The van der Waals surface area contributed by atoms with Gasteiger partial charge in [0.15, 0.2) is 0 Å². The molecule has 0 aliphatic carbocycles. The van der Waals surface area contributed by atoms with Crippen LogP contribution in [0.25, 0.3) is 143 Å². The third-order valence-electron chi connectivity index (χ3n) is 20.3. The summed E-state index contributed by atoms with van der Waals surface area (Å²) in [5, 5.41) is 14.6. The van der Waals surface area contributed by atoms with Crippen molar-refractivity contribution in [3.63, 3.8) is 0 Å². The van der Waals surface area contributed by atoms with Gasteiger partial charge in [-0.1, -0.05) is 242 Å². The number of nitrogens with zero attached hydrogens (tertiary/aromatic N) is 4. The molecule has 17 aromatic carbocycles. The molecule has 0 unspecified atom stereocenters. The number of rotatable bonds is 12. The quantitative estimate of drug-likeness (QED) is 0.113. The van der Waals surface area contributed by atoms with Crippen LogP contribution in [0.3, 0.4) is 0 Å². The fourth-order valence-corrected chi connectivity index (χ4v) is 15.8. The summed E-state index contributed by atoms with van der Waals surface area (Å²) in [5.74, 6) is 0. The lowest BCUT2D eigenvalue weighted by Crippen LogP contribution is -2.09. The maximum absolute atomic E-state index is 2.41. The standard InChI is InChI=1S/C95H64N4/c1-63-40-53-84-89(58-63)95(67-43-49-75(50-44-67)97(71-28-8-3-9-29-71)77-52-57-93-88(62-77)86-60-69(81-39-21-25-65-23-15-17-35-79(65)81)46-55-91(86)99(93)73-32-12-5-13-33-73)83-37-19-18-36-82(83)94(84)66-41-47-74(48-42-66)96(70-26-6-2-7-27-70)76-51-56-92-87(61-76)85-59-68(80-38-20-24-64-22-14-16-34-78(64)80)45-54-90(85)98(92)72-30-10-4-11-31-72/h2-62H,1H3. The smallest absolute Gasteiger partial charge is 0.0542 e. The molecular formula is C95H64N4. The lowest BCUT2D eigenvalue weighted by atomic mass is 9.85. The normalized spacial score (nSPS) is 11.7. The molecule has 0 N–H and O–H groups in total. The average molecular weight is 1260 g/mol. The van der Waals surface area contributed by atoms with Gasteiger partial charge in [-0.05, 0) is 228 Å². The zero-order valence-corrected chi connectivity index (χ0v) is 54.5. The predicted molar refractivity (Wildman–Crippen MR) is 421 cm³/mol. The van der Waals surface area contributed by atoms with Crippen LogP contribution in [-0.2, 0) is 0 Å². The van der Waals surface area contributed by atoms with Crippen LogP contribution in [0.1, 0.15) is 5.56 Å². The topological polar surface area (TPSA) is 16.3 Å².